The lowest BCUT2D eigenvalue weighted by atomic mass is 10.1. The number of rotatable bonds is 5. The quantitative estimate of drug-likeness (QED) is 0.402. The van der Waals surface area contributed by atoms with E-state index in [1.807, 2.05) is 25.1 Å². The maximum absolute atomic E-state index is 13.8. The van der Waals surface area contributed by atoms with Crippen LogP contribution in [0.2, 0.25) is 0 Å². The molecule has 134 valence electrons. The minimum absolute atomic E-state index is 0. The van der Waals surface area contributed by atoms with Gasteiger partial charge in [0.05, 0.1) is 6.54 Å². The first-order valence-corrected chi connectivity index (χ1v) is 8.21. The van der Waals surface area contributed by atoms with E-state index in [1.54, 1.807) is 12.1 Å². The molecule has 2 N–H and O–H groups in total. The van der Waals surface area contributed by atoms with Crippen LogP contribution in [0.5, 0.6) is 0 Å². The predicted molar refractivity (Wildman–Crippen MR) is 107 cm³/mol. The van der Waals surface area contributed by atoms with Gasteiger partial charge >= 0.3 is 0 Å². The van der Waals surface area contributed by atoms with Crippen molar-refractivity contribution in [3.63, 3.8) is 0 Å². The first-order chi connectivity index (χ1) is 11.7. The number of benzene rings is 2. The van der Waals surface area contributed by atoms with Gasteiger partial charge in [-0.05, 0) is 42.7 Å². The van der Waals surface area contributed by atoms with E-state index in [0.717, 1.165) is 24.1 Å². The lowest BCUT2D eigenvalue weighted by Crippen LogP contribution is -2.39. The highest BCUT2D eigenvalue weighted by atomic mass is 127. The van der Waals surface area contributed by atoms with Crippen molar-refractivity contribution in [1.29, 1.82) is 0 Å². The van der Waals surface area contributed by atoms with Crippen LogP contribution in [0.3, 0.4) is 0 Å². The number of halogens is 3. The summed E-state index contributed by atoms with van der Waals surface area (Å²) in [4.78, 5) is 4.49. The summed E-state index contributed by atoms with van der Waals surface area (Å²) in [5, 5.41) is 6.51. The molecule has 3 nitrogen and oxygen atoms in total. The Labute approximate surface area is 164 Å². The molecule has 1 aliphatic rings. The second-order valence-electron chi connectivity index (χ2n) is 5.94. The van der Waals surface area contributed by atoms with Gasteiger partial charge in [0.25, 0.3) is 0 Å². The number of nitrogens with one attached hydrogen (secondary N) is 2. The summed E-state index contributed by atoms with van der Waals surface area (Å²) in [6, 6.07) is 13.5. The topological polar surface area (TPSA) is 36.4 Å². The molecular weight excluding hydrogens is 435 g/mol. The van der Waals surface area contributed by atoms with E-state index in [1.165, 1.54) is 18.2 Å². The van der Waals surface area contributed by atoms with Crippen molar-refractivity contribution in [2.24, 2.45) is 4.99 Å². The van der Waals surface area contributed by atoms with Crippen LogP contribution in [-0.2, 0) is 6.54 Å². The Morgan fingerprint density at radius 1 is 1.16 bits per heavy atom. The molecule has 0 heterocycles. The van der Waals surface area contributed by atoms with E-state index in [0.29, 0.717) is 12.5 Å². The Kier molecular flexibility index (Phi) is 7.16. The third-order valence-electron chi connectivity index (χ3n) is 4.07. The number of guanidine groups is 1. The second kappa shape index (κ2) is 9.12. The summed E-state index contributed by atoms with van der Waals surface area (Å²) < 4.78 is 27.1. The van der Waals surface area contributed by atoms with Crippen LogP contribution >= 0.6 is 24.0 Å². The molecule has 1 saturated carbocycles. The van der Waals surface area contributed by atoms with Crippen LogP contribution in [0, 0.1) is 11.6 Å². The minimum Gasteiger partial charge on any atom is -0.357 e. The van der Waals surface area contributed by atoms with Crippen LogP contribution in [0.15, 0.2) is 53.5 Å². The molecule has 1 fully saturated rings. The van der Waals surface area contributed by atoms with Gasteiger partial charge in [0.15, 0.2) is 5.96 Å². The van der Waals surface area contributed by atoms with E-state index < -0.39 is 0 Å². The summed E-state index contributed by atoms with van der Waals surface area (Å²) >= 11 is 0. The van der Waals surface area contributed by atoms with Crippen LogP contribution in [0.1, 0.15) is 30.4 Å². The molecule has 0 spiro atoms. The van der Waals surface area contributed by atoms with Crippen molar-refractivity contribution in [1.82, 2.24) is 10.6 Å². The summed E-state index contributed by atoms with van der Waals surface area (Å²) in [5.74, 6) is 0.422. The Bertz CT molecular complexity index is 736. The maximum Gasteiger partial charge on any atom is 0.191 e. The standard InChI is InChI=1S/C19H21F2N3.HI/c1-2-22-19(23-12-13-6-5-7-14(20)10-13)24-18-11-16(18)15-8-3-4-9-17(15)21;/h3-10,16,18H,2,11-12H2,1H3,(H2,22,23,24);1H. The zero-order valence-electron chi connectivity index (χ0n) is 14.0. The first-order valence-electron chi connectivity index (χ1n) is 8.21. The van der Waals surface area contributed by atoms with Crippen LogP contribution in [0.25, 0.3) is 0 Å². The third-order valence-corrected chi connectivity index (χ3v) is 4.07. The molecule has 3 rings (SSSR count). The van der Waals surface area contributed by atoms with Crippen molar-refractivity contribution in [3.05, 3.63) is 71.3 Å². The lowest BCUT2D eigenvalue weighted by Gasteiger charge is -2.11. The number of nitrogens with zero attached hydrogens (tertiary/aromatic N) is 1. The minimum atomic E-state index is -0.262. The first kappa shape index (κ1) is 19.6. The van der Waals surface area contributed by atoms with Crippen LogP contribution in [0.4, 0.5) is 8.78 Å². The average molecular weight is 457 g/mol. The molecule has 2 aromatic carbocycles. The SMILES string of the molecule is CCNC(=NCc1cccc(F)c1)NC1CC1c1ccccc1F.I. The molecule has 25 heavy (non-hydrogen) atoms. The van der Waals surface area contributed by atoms with Gasteiger partial charge in [-0.15, -0.1) is 24.0 Å². The van der Waals surface area contributed by atoms with E-state index in [9.17, 15) is 8.78 Å². The van der Waals surface area contributed by atoms with Gasteiger partial charge in [-0.25, -0.2) is 13.8 Å². The van der Waals surface area contributed by atoms with Gasteiger partial charge < -0.3 is 10.6 Å². The van der Waals surface area contributed by atoms with Gasteiger partial charge in [-0.1, -0.05) is 30.3 Å². The molecule has 0 saturated heterocycles. The second-order valence-corrected chi connectivity index (χ2v) is 5.94. The van der Waals surface area contributed by atoms with Crippen molar-refractivity contribution >= 4 is 29.9 Å². The third kappa shape index (κ3) is 5.39. The van der Waals surface area contributed by atoms with Crippen LogP contribution in [-0.4, -0.2) is 18.5 Å². The van der Waals surface area contributed by atoms with E-state index in [-0.39, 0.29) is 47.6 Å². The van der Waals surface area contributed by atoms with Crippen LogP contribution < -0.4 is 10.6 Å². The van der Waals surface area contributed by atoms with Gasteiger partial charge in [0.2, 0.25) is 0 Å². The molecular formula is C19H22F2IN3. The molecule has 0 bridgehead atoms. The fourth-order valence-corrected chi connectivity index (χ4v) is 2.78. The average Bonchev–Trinajstić information content (AvgIpc) is 3.32. The number of aliphatic imine (C=N–C) groups is 1. The molecule has 6 heteroatoms. The summed E-state index contributed by atoms with van der Waals surface area (Å²) in [6.45, 7) is 3.11. The molecule has 2 aromatic rings. The highest BCUT2D eigenvalue weighted by Crippen LogP contribution is 2.41. The Morgan fingerprint density at radius 3 is 2.68 bits per heavy atom. The van der Waals surface area contributed by atoms with Gasteiger partial charge in [0.1, 0.15) is 11.6 Å². The fraction of sp³-hybridized carbons (Fsp3) is 0.316. The molecule has 0 amide bonds. The Morgan fingerprint density at radius 2 is 1.96 bits per heavy atom. The maximum atomic E-state index is 13.8. The van der Waals surface area contributed by atoms with E-state index in [2.05, 4.69) is 15.6 Å². The largest absolute Gasteiger partial charge is 0.357 e. The van der Waals surface area contributed by atoms with Gasteiger partial charge in [-0.3, -0.25) is 0 Å². The molecule has 0 aromatic heterocycles. The molecule has 1 aliphatic carbocycles. The highest BCUT2D eigenvalue weighted by Gasteiger charge is 2.40. The van der Waals surface area contributed by atoms with Crippen molar-refractivity contribution < 1.29 is 8.78 Å². The van der Waals surface area contributed by atoms with Gasteiger partial charge in [0, 0.05) is 18.5 Å². The van der Waals surface area contributed by atoms with E-state index >= 15 is 0 Å². The number of hydrogen-bond donors (Lipinski definition) is 2. The smallest absolute Gasteiger partial charge is 0.191 e. The lowest BCUT2D eigenvalue weighted by molar-refractivity contribution is 0.607. The molecule has 0 radical (unpaired) electrons. The number of hydrogen-bond acceptors (Lipinski definition) is 1. The summed E-state index contributed by atoms with van der Waals surface area (Å²) in [5.41, 5.74) is 1.56. The fourth-order valence-electron chi connectivity index (χ4n) is 2.78. The Balaban J connectivity index is 0.00000225. The Hall–Kier alpha value is -1.70. The van der Waals surface area contributed by atoms with Gasteiger partial charge in [-0.2, -0.15) is 0 Å². The van der Waals surface area contributed by atoms with Crippen molar-refractivity contribution in [3.8, 4) is 0 Å². The van der Waals surface area contributed by atoms with Crippen molar-refractivity contribution in [2.75, 3.05) is 6.54 Å². The van der Waals surface area contributed by atoms with Crippen molar-refractivity contribution in [2.45, 2.75) is 31.8 Å². The normalized spacial score (nSPS) is 19.1. The molecule has 2 unspecified atom stereocenters. The molecule has 2 atom stereocenters. The summed E-state index contributed by atoms with van der Waals surface area (Å²) in [7, 11) is 0. The van der Waals surface area contributed by atoms with E-state index in [4.69, 9.17) is 0 Å². The predicted octanol–water partition coefficient (Wildman–Crippen LogP) is 4.19. The monoisotopic (exact) mass is 457 g/mol. The zero-order chi connectivity index (χ0) is 16.9. The zero-order valence-corrected chi connectivity index (χ0v) is 16.3. The molecule has 0 aliphatic heterocycles. The summed E-state index contributed by atoms with van der Waals surface area (Å²) in [6.07, 6.45) is 0.880. The highest BCUT2D eigenvalue weighted by molar-refractivity contribution is 14.0.